The van der Waals surface area contributed by atoms with E-state index < -0.39 is 5.97 Å². The molecule has 0 spiro atoms. The maximum atomic E-state index is 12.8. The number of para-hydroxylation sites is 2. The van der Waals surface area contributed by atoms with Gasteiger partial charge in [0.2, 0.25) is 11.2 Å². The summed E-state index contributed by atoms with van der Waals surface area (Å²) in [5.41, 5.74) is -0.0106. The van der Waals surface area contributed by atoms with Gasteiger partial charge >= 0.3 is 5.97 Å². The normalized spacial score (nSPS) is 11.7. The number of ether oxygens (including phenoxy) is 4. The summed E-state index contributed by atoms with van der Waals surface area (Å²) in [6, 6.07) is 11.8. The highest BCUT2D eigenvalue weighted by Crippen LogP contribution is 2.31. The van der Waals surface area contributed by atoms with E-state index >= 15 is 0 Å². The Bertz CT molecular complexity index is 1070. The molecule has 2 aromatic carbocycles. The van der Waals surface area contributed by atoms with Crippen molar-refractivity contribution in [2.24, 2.45) is 0 Å². The van der Waals surface area contributed by atoms with Crippen LogP contribution >= 0.6 is 0 Å². The van der Waals surface area contributed by atoms with E-state index in [4.69, 9.17) is 23.4 Å². The van der Waals surface area contributed by atoms with E-state index in [0.29, 0.717) is 34.8 Å². The summed E-state index contributed by atoms with van der Waals surface area (Å²) in [5.74, 6) is 0.934. The smallest absolute Gasteiger partial charge is 0.344 e. The second-order valence-electron chi connectivity index (χ2n) is 6.57. The van der Waals surface area contributed by atoms with Crippen molar-refractivity contribution in [2.45, 2.75) is 33.3 Å². The zero-order chi connectivity index (χ0) is 21.5. The monoisotopic (exact) mass is 412 g/mol. The highest BCUT2D eigenvalue weighted by Gasteiger charge is 2.14. The Labute approximate surface area is 174 Å². The maximum absolute atomic E-state index is 12.8. The van der Waals surface area contributed by atoms with Gasteiger partial charge in [0, 0.05) is 6.07 Å². The van der Waals surface area contributed by atoms with Crippen LogP contribution in [0.3, 0.4) is 0 Å². The molecular formula is C23H24O7. The van der Waals surface area contributed by atoms with Crippen molar-refractivity contribution in [3.05, 3.63) is 59.0 Å². The van der Waals surface area contributed by atoms with Crippen LogP contribution in [0.1, 0.15) is 27.2 Å². The minimum Gasteiger partial charge on any atom is -0.490 e. The number of benzene rings is 2. The number of carbonyl (C=O) groups is 1. The highest BCUT2D eigenvalue weighted by atomic mass is 16.6. The number of hydrogen-bond donors (Lipinski definition) is 0. The van der Waals surface area contributed by atoms with E-state index in [1.54, 1.807) is 36.4 Å². The molecule has 3 rings (SSSR count). The van der Waals surface area contributed by atoms with Crippen LogP contribution in [0.25, 0.3) is 11.0 Å². The standard InChI is InChI=1S/C23H24O7/c1-4-15(3)29-22(24)14-27-16-10-11-17-20(12-16)28-13-21(23(17)25)30-19-9-7-6-8-18(19)26-5-2/h6-13,15H,4-5,14H2,1-3H3/t15-/m1/s1. The Hall–Kier alpha value is -3.48. The van der Waals surface area contributed by atoms with E-state index in [2.05, 4.69) is 0 Å². The van der Waals surface area contributed by atoms with Gasteiger partial charge in [-0.25, -0.2) is 4.79 Å². The Balaban J connectivity index is 1.77. The van der Waals surface area contributed by atoms with Crippen molar-refractivity contribution >= 4 is 16.9 Å². The molecule has 1 atom stereocenters. The third-order valence-corrected chi connectivity index (χ3v) is 4.35. The zero-order valence-electron chi connectivity index (χ0n) is 17.2. The van der Waals surface area contributed by atoms with Crippen LogP contribution in [-0.2, 0) is 9.53 Å². The molecule has 0 aliphatic heterocycles. The molecule has 0 aliphatic rings. The van der Waals surface area contributed by atoms with Crippen LogP contribution in [0, 0.1) is 0 Å². The van der Waals surface area contributed by atoms with Gasteiger partial charge in [0.1, 0.15) is 17.6 Å². The zero-order valence-corrected chi connectivity index (χ0v) is 17.2. The molecule has 0 aliphatic carbocycles. The molecule has 0 amide bonds. The molecule has 0 saturated carbocycles. The van der Waals surface area contributed by atoms with E-state index in [1.807, 2.05) is 26.8 Å². The molecule has 0 bridgehead atoms. The van der Waals surface area contributed by atoms with Crippen molar-refractivity contribution in [1.29, 1.82) is 0 Å². The Morgan fingerprint density at radius 1 is 1.03 bits per heavy atom. The molecule has 1 heterocycles. The molecule has 7 heteroatoms. The lowest BCUT2D eigenvalue weighted by Crippen LogP contribution is -2.20. The Morgan fingerprint density at radius 2 is 1.80 bits per heavy atom. The fourth-order valence-corrected chi connectivity index (χ4v) is 2.66. The van der Waals surface area contributed by atoms with E-state index in [1.165, 1.54) is 6.26 Å². The minimum atomic E-state index is -0.456. The number of carbonyl (C=O) groups excluding carboxylic acids is 1. The second-order valence-corrected chi connectivity index (χ2v) is 6.57. The lowest BCUT2D eigenvalue weighted by atomic mass is 10.2. The largest absolute Gasteiger partial charge is 0.490 e. The number of hydrogen-bond acceptors (Lipinski definition) is 7. The lowest BCUT2D eigenvalue weighted by molar-refractivity contribution is -0.150. The SMILES string of the molecule is CCOc1ccccc1Oc1coc2cc(OCC(=O)O[C@H](C)CC)ccc2c1=O. The summed E-state index contributed by atoms with van der Waals surface area (Å²) in [6.45, 7) is 5.85. The van der Waals surface area contributed by atoms with Crippen LogP contribution in [-0.4, -0.2) is 25.3 Å². The summed E-state index contributed by atoms with van der Waals surface area (Å²) < 4.78 is 27.4. The van der Waals surface area contributed by atoms with Gasteiger partial charge in [0.25, 0.3) is 0 Å². The lowest BCUT2D eigenvalue weighted by Gasteiger charge is -2.12. The number of fused-ring (bicyclic) bond motifs is 1. The summed E-state index contributed by atoms with van der Waals surface area (Å²) in [4.78, 5) is 24.5. The molecule has 0 fully saturated rings. The molecule has 0 radical (unpaired) electrons. The summed E-state index contributed by atoms with van der Waals surface area (Å²) >= 11 is 0. The molecule has 30 heavy (non-hydrogen) atoms. The fraction of sp³-hybridized carbons (Fsp3) is 0.304. The third-order valence-electron chi connectivity index (χ3n) is 4.35. The van der Waals surface area contributed by atoms with Gasteiger partial charge in [-0.2, -0.15) is 0 Å². The van der Waals surface area contributed by atoms with Crippen molar-refractivity contribution in [1.82, 2.24) is 0 Å². The third kappa shape index (κ3) is 5.11. The molecule has 0 saturated heterocycles. The van der Waals surface area contributed by atoms with Crippen molar-refractivity contribution < 1.29 is 28.2 Å². The van der Waals surface area contributed by atoms with Gasteiger partial charge in [-0.15, -0.1) is 0 Å². The molecule has 0 unspecified atom stereocenters. The van der Waals surface area contributed by atoms with Crippen LogP contribution in [0.15, 0.2) is 57.9 Å². The molecule has 0 N–H and O–H groups in total. The molecular weight excluding hydrogens is 388 g/mol. The Kier molecular flexibility index (Phi) is 6.95. The first-order valence-electron chi connectivity index (χ1n) is 9.79. The summed E-state index contributed by atoms with van der Waals surface area (Å²) in [5, 5.41) is 0.330. The quantitative estimate of drug-likeness (QED) is 0.471. The summed E-state index contributed by atoms with van der Waals surface area (Å²) in [6.07, 6.45) is 1.81. The van der Waals surface area contributed by atoms with Gasteiger partial charge in [0.05, 0.1) is 18.1 Å². The fourth-order valence-electron chi connectivity index (χ4n) is 2.66. The van der Waals surface area contributed by atoms with Gasteiger partial charge < -0.3 is 23.4 Å². The minimum absolute atomic E-state index is 0.0421. The molecule has 7 nitrogen and oxygen atoms in total. The Morgan fingerprint density at radius 3 is 2.53 bits per heavy atom. The first-order chi connectivity index (χ1) is 14.5. The van der Waals surface area contributed by atoms with Crippen molar-refractivity contribution in [2.75, 3.05) is 13.2 Å². The van der Waals surface area contributed by atoms with Crippen molar-refractivity contribution in [3.63, 3.8) is 0 Å². The number of esters is 1. The molecule has 1 aromatic heterocycles. The van der Waals surface area contributed by atoms with Crippen LogP contribution < -0.4 is 19.6 Å². The summed E-state index contributed by atoms with van der Waals surface area (Å²) in [7, 11) is 0. The molecule has 158 valence electrons. The average Bonchev–Trinajstić information content (AvgIpc) is 2.75. The number of rotatable bonds is 9. The van der Waals surface area contributed by atoms with Gasteiger partial charge in [0.15, 0.2) is 18.1 Å². The first kappa shape index (κ1) is 21.2. The van der Waals surface area contributed by atoms with Gasteiger partial charge in [-0.1, -0.05) is 19.1 Å². The predicted molar refractivity (Wildman–Crippen MR) is 112 cm³/mol. The van der Waals surface area contributed by atoms with Crippen LogP contribution in [0.5, 0.6) is 23.0 Å². The second kappa shape index (κ2) is 9.82. The maximum Gasteiger partial charge on any atom is 0.344 e. The van der Waals surface area contributed by atoms with Crippen LogP contribution in [0.2, 0.25) is 0 Å². The van der Waals surface area contributed by atoms with E-state index in [0.717, 1.165) is 6.42 Å². The van der Waals surface area contributed by atoms with E-state index in [9.17, 15) is 9.59 Å². The molecule has 3 aromatic rings. The van der Waals surface area contributed by atoms with Crippen LogP contribution in [0.4, 0.5) is 0 Å². The highest BCUT2D eigenvalue weighted by molar-refractivity contribution is 5.79. The first-order valence-corrected chi connectivity index (χ1v) is 9.79. The predicted octanol–water partition coefficient (Wildman–Crippen LogP) is 4.70. The van der Waals surface area contributed by atoms with E-state index in [-0.39, 0.29) is 23.9 Å². The van der Waals surface area contributed by atoms with Gasteiger partial charge in [-0.3, -0.25) is 4.79 Å². The van der Waals surface area contributed by atoms with Gasteiger partial charge in [-0.05, 0) is 44.5 Å². The van der Waals surface area contributed by atoms with Crippen molar-refractivity contribution in [3.8, 4) is 23.0 Å². The average molecular weight is 412 g/mol. The topological polar surface area (TPSA) is 84.2 Å².